The van der Waals surface area contributed by atoms with Gasteiger partial charge >= 0.3 is 5.97 Å². The highest BCUT2D eigenvalue weighted by atomic mass is 19.1. The second-order valence-electron chi connectivity index (χ2n) is 5.84. The van der Waals surface area contributed by atoms with Crippen LogP contribution in [0.4, 0.5) is 4.39 Å². The molecule has 0 aliphatic heterocycles. The van der Waals surface area contributed by atoms with Crippen molar-refractivity contribution >= 4 is 17.4 Å². The Morgan fingerprint density at radius 1 is 1.12 bits per heavy atom. The number of carboxylic acid groups (broad SMARTS) is 1. The van der Waals surface area contributed by atoms with Crippen LogP contribution in [0.2, 0.25) is 0 Å². The quantitative estimate of drug-likeness (QED) is 0.688. The maximum Gasteiger partial charge on any atom is 0.303 e. The Bertz CT molecular complexity index is 1060. The Kier molecular flexibility index (Phi) is 4.92. The minimum atomic E-state index is -1.07. The van der Waals surface area contributed by atoms with Gasteiger partial charge in [0.05, 0.1) is 6.42 Å². The largest absolute Gasteiger partial charge is 0.511 e. The third kappa shape index (κ3) is 3.69. The van der Waals surface area contributed by atoms with Crippen molar-refractivity contribution < 1.29 is 19.4 Å². The first-order chi connectivity index (χ1) is 12.5. The average Bonchev–Trinajstić information content (AvgIpc) is 3.08. The van der Waals surface area contributed by atoms with Crippen LogP contribution < -0.4 is 10.6 Å². The van der Waals surface area contributed by atoms with E-state index in [1.54, 1.807) is 12.1 Å². The van der Waals surface area contributed by atoms with Gasteiger partial charge in [0, 0.05) is 18.2 Å². The number of nitrogens with zero attached hydrogens (tertiary/aromatic N) is 3. The summed E-state index contributed by atoms with van der Waals surface area (Å²) in [5, 5.41) is 22.9. The number of carboxylic acids is 1. The van der Waals surface area contributed by atoms with E-state index in [1.165, 1.54) is 29.0 Å². The highest BCUT2D eigenvalue weighted by Crippen LogP contribution is 2.08. The summed E-state index contributed by atoms with van der Waals surface area (Å²) in [5.41, 5.74) is 1.26. The predicted molar refractivity (Wildman–Crippen MR) is 91.2 cm³/mol. The number of fused-ring (bicyclic) bond motifs is 1. The number of pyridine rings is 1. The highest BCUT2D eigenvalue weighted by molar-refractivity contribution is 5.68. The molecule has 0 aliphatic rings. The van der Waals surface area contributed by atoms with E-state index < -0.39 is 11.4 Å². The maximum absolute atomic E-state index is 13.0. The summed E-state index contributed by atoms with van der Waals surface area (Å²) in [6, 6.07) is 7.45. The normalized spacial score (nSPS) is 12.3. The Morgan fingerprint density at radius 3 is 2.54 bits per heavy atom. The molecule has 0 fully saturated rings. The van der Waals surface area contributed by atoms with Gasteiger partial charge in [-0.05, 0) is 30.5 Å². The van der Waals surface area contributed by atoms with Crippen LogP contribution in [0.5, 0.6) is 0 Å². The van der Waals surface area contributed by atoms with Crippen molar-refractivity contribution in [2.75, 3.05) is 0 Å². The average molecular weight is 357 g/mol. The van der Waals surface area contributed by atoms with Crippen LogP contribution in [0.25, 0.3) is 11.4 Å². The number of aliphatic hydroxyl groups excluding tert-OH is 1. The number of aliphatic hydroxyl groups is 1. The molecular formula is C18H16FN3O4. The van der Waals surface area contributed by atoms with Crippen LogP contribution in [-0.4, -0.2) is 30.8 Å². The Balaban J connectivity index is 1.96. The van der Waals surface area contributed by atoms with Gasteiger partial charge in [-0.25, -0.2) is 13.9 Å². The molecule has 0 saturated heterocycles. The number of aryl methyl sites for hydroxylation is 2. The summed E-state index contributed by atoms with van der Waals surface area (Å²) in [6.07, 6.45) is 1.85. The number of hydrogen-bond acceptors (Lipinski definition) is 5. The van der Waals surface area contributed by atoms with Crippen LogP contribution in [0.1, 0.15) is 24.1 Å². The third-order valence-corrected chi connectivity index (χ3v) is 4.03. The van der Waals surface area contributed by atoms with Crippen LogP contribution in [0.15, 0.2) is 41.5 Å². The lowest BCUT2D eigenvalue weighted by atomic mass is 10.1. The molecule has 0 amide bonds. The van der Waals surface area contributed by atoms with E-state index >= 15 is 0 Å². The minimum absolute atomic E-state index is 0.0331. The molecule has 3 rings (SSSR count). The second kappa shape index (κ2) is 7.30. The number of benzene rings is 1. The summed E-state index contributed by atoms with van der Waals surface area (Å²) in [4.78, 5) is 27.1. The number of carbonyl (C=O) groups is 1. The van der Waals surface area contributed by atoms with Crippen molar-refractivity contribution in [3.8, 4) is 0 Å². The molecule has 26 heavy (non-hydrogen) atoms. The molecule has 2 aromatic heterocycles. The molecule has 0 bridgehead atoms. The van der Waals surface area contributed by atoms with E-state index in [4.69, 9.17) is 5.11 Å². The predicted octanol–water partition coefficient (Wildman–Crippen LogP) is 1.26. The van der Waals surface area contributed by atoms with Gasteiger partial charge < -0.3 is 10.2 Å². The van der Waals surface area contributed by atoms with Gasteiger partial charge in [-0.3, -0.25) is 9.59 Å². The fourth-order valence-corrected chi connectivity index (χ4v) is 2.74. The fraction of sp³-hybridized carbons (Fsp3) is 0.222. The first-order valence-electron chi connectivity index (χ1n) is 7.99. The minimum Gasteiger partial charge on any atom is -0.511 e. The van der Waals surface area contributed by atoms with Crippen molar-refractivity contribution in [1.29, 1.82) is 0 Å². The van der Waals surface area contributed by atoms with Crippen molar-refractivity contribution in [3.05, 3.63) is 69.2 Å². The first-order valence-corrected chi connectivity index (χ1v) is 7.99. The zero-order valence-corrected chi connectivity index (χ0v) is 13.7. The van der Waals surface area contributed by atoms with Gasteiger partial charge in [0.25, 0.3) is 0 Å². The number of rotatable bonds is 6. The summed E-state index contributed by atoms with van der Waals surface area (Å²) in [6.45, 7) is 0. The van der Waals surface area contributed by atoms with E-state index in [-0.39, 0.29) is 35.3 Å². The molecule has 3 aromatic rings. The molecule has 0 spiro atoms. The topological polar surface area (TPSA) is 105 Å². The lowest BCUT2D eigenvalue weighted by Gasteiger charge is -2.06. The molecule has 0 unspecified atom stereocenters. The first kappa shape index (κ1) is 17.5. The Labute approximate surface area is 147 Å². The summed E-state index contributed by atoms with van der Waals surface area (Å²) in [5.74, 6) is -1.70. The molecule has 0 radical (unpaired) electrons. The van der Waals surface area contributed by atoms with Gasteiger partial charge in [-0.1, -0.05) is 12.1 Å². The molecule has 8 heteroatoms. The lowest BCUT2D eigenvalue weighted by Crippen LogP contribution is -2.31. The second-order valence-corrected chi connectivity index (χ2v) is 5.84. The van der Waals surface area contributed by atoms with Crippen molar-refractivity contribution in [3.63, 3.8) is 0 Å². The van der Waals surface area contributed by atoms with E-state index in [9.17, 15) is 19.1 Å². The van der Waals surface area contributed by atoms with Gasteiger partial charge in [-0.15, -0.1) is 0 Å². The third-order valence-electron chi connectivity index (χ3n) is 4.03. The molecule has 0 aliphatic carbocycles. The standard InChI is InChI=1S/C18H16FN3O4/c19-12-4-1-11(2-5-12)3-6-13-9-15(24)17(14(23)7-8-16(25)26)18-20-10-21-22(13)18/h1-2,4-5,9-10,23H,3,6-8H2,(H,25,26). The molecule has 7 nitrogen and oxygen atoms in total. The Hall–Kier alpha value is -3.29. The molecule has 134 valence electrons. The van der Waals surface area contributed by atoms with Crippen LogP contribution in [0, 0.1) is 5.82 Å². The van der Waals surface area contributed by atoms with E-state index in [0.717, 1.165) is 5.56 Å². The Morgan fingerprint density at radius 2 is 1.85 bits per heavy atom. The van der Waals surface area contributed by atoms with Crippen LogP contribution in [-0.2, 0) is 17.6 Å². The number of aromatic nitrogens is 3. The molecular weight excluding hydrogens is 341 g/mol. The highest BCUT2D eigenvalue weighted by Gasteiger charge is 2.12. The van der Waals surface area contributed by atoms with Gasteiger partial charge in [0.1, 0.15) is 23.1 Å². The lowest BCUT2D eigenvalue weighted by molar-refractivity contribution is -0.136. The molecule has 1 aromatic carbocycles. The zero-order valence-electron chi connectivity index (χ0n) is 13.7. The van der Waals surface area contributed by atoms with Gasteiger partial charge in [0.2, 0.25) is 0 Å². The number of aliphatic carboxylic acids is 1. The van der Waals surface area contributed by atoms with E-state index in [2.05, 4.69) is 10.1 Å². The van der Waals surface area contributed by atoms with Crippen molar-refractivity contribution in [2.24, 2.45) is 0 Å². The summed E-state index contributed by atoms with van der Waals surface area (Å²) in [7, 11) is 0. The van der Waals surface area contributed by atoms with Crippen molar-refractivity contribution in [2.45, 2.75) is 25.7 Å². The molecule has 0 saturated carbocycles. The summed E-state index contributed by atoms with van der Waals surface area (Å²) >= 11 is 0. The smallest absolute Gasteiger partial charge is 0.303 e. The monoisotopic (exact) mass is 357 g/mol. The van der Waals surface area contributed by atoms with Crippen LogP contribution >= 0.6 is 0 Å². The molecule has 2 heterocycles. The van der Waals surface area contributed by atoms with E-state index in [1.807, 2.05) is 0 Å². The zero-order chi connectivity index (χ0) is 18.7. The fourth-order valence-electron chi connectivity index (χ4n) is 2.74. The SMILES string of the molecule is O=C(O)CCC(O)=c1c(=O)cc(CCc2ccc(F)cc2)n2ncnc12. The molecule has 0 atom stereocenters. The van der Waals surface area contributed by atoms with E-state index in [0.29, 0.717) is 18.5 Å². The molecule has 2 N–H and O–H groups in total. The summed E-state index contributed by atoms with van der Waals surface area (Å²) < 4.78 is 14.4. The number of halogens is 1. The number of hydrogen-bond donors (Lipinski definition) is 2. The maximum atomic E-state index is 13.0. The van der Waals surface area contributed by atoms with Gasteiger partial charge in [-0.2, -0.15) is 5.10 Å². The van der Waals surface area contributed by atoms with Gasteiger partial charge in [0.15, 0.2) is 11.1 Å². The van der Waals surface area contributed by atoms with Crippen molar-refractivity contribution in [1.82, 2.24) is 14.6 Å². The van der Waals surface area contributed by atoms with Crippen LogP contribution in [0.3, 0.4) is 0 Å².